The fourth-order valence-electron chi connectivity index (χ4n) is 3.52. The number of carbonyl (C=O) groups excluding carboxylic acids is 1. The van der Waals surface area contributed by atoms with Crippen molar-refractivity contribution in [2.24, 2.45) is 4.99 Å². The second kappa shape index (κ2) is 8.69. The van der Waals surface area contributed by atoms with Gasteiger partial charge < -0.3 is 10.6 Å². The average molecular weight is 401 g/mol. The molecule has 8 nitrogen and oxygen atoms in total. The third kappa shape index (κ3) is 4.43. The summed E-state index contributed by atoms with van der Waals surface area (Å²) >= 11 is 0. The van der Waals surface area contributed by atoms with Crippen LogP contribution in [0.4, 0.5) is 5.82 Å². The smallest absolute Gasteiger partial charge is 0.273 e. The first-order valence-electron chi connectivity index (χ1n) is 9.88. The van der Waals surface area contributed by atoms with Crippen LogP contribution in [-0.2, 0) is 4.79 Å². The Morgan fingerprint density at radius 3 is 2.70 bits per heavy atom. The fraction of sp³-hybridized carbons (Fsp3) is 0.227. The molecule has 3 aromatic rings. The molecule has 1 fully saturated rings. The molecular formula is C22H23N7O. The maximum atomic E-state index is 12.8. The van der Waals surface area contributed by atoms with Crippen LogP contribution in [0.5, 0.6) is 0 Å². The van der Waals surface area contributed by atoms with E-state index in [1.165, 1.54) is 6.08 Å². The summed E-state index contributed by atoms with van der Waals surface area (Å²) in [5.74, 6) is 0.424. The summed E-state index contributed by atoms with van der Waals surface area (Å²) in [6.45, 7) is 3.35. The highest BCUT2D eigenvalue weighted by Gasteiger charge is 2.20. The highest BCUT2D eigenvalue weighted by Crippen LogP contribution is 2.20. The number of aliphatic imine (C=N–C) groups is 1. The molecule has 2 heterocycles. The summed E-state index contributed by atoms with van der Waals surface area (Å²) < 4.78 is 1.81. The molecule has 0 bridgehead atoms. The van der Waals surface area contributed by atoms with Crippen molar-refractivity contribution in [3.63, 3.8) is 0 Å². The molecule has 0 saturated heterocycles. The Kier molecular flexibility index (Phi) is 5.65. The van der Waals surface area contributed by atoms with Crippen LogP contribution in [0.15, 0.2) is 65.6 Å². The van der Waals surface area contributed by atoms with Crippen molar-refractivity contribution in [2.45, 2.75) is 31.7 Å². The molecule has 152 valence electrons. The summed E-state index contributed by atoms with van der Waals surface area (Å²) in [6, 6.07) is 11.8. The van der Waals surface area contributed by atoms with Gasteiger partial charge in [-0.2, -0.15) is 4.98 Å². The Hall–Kier alpha value is -3.81. The van der Waals surface area contributed by atoms with Crippen molar-refractivity contribution in [1.82, 2.24) is 19.7 Å². The first-order valence-corrected chi connectivity index (χ1v) is 9.88. The molecule has 30 heavy (non-hydrogen) atoms. The SMILES string of the molecule is C=NC(=N)/C=C(\NC1CCCC1)C(=O)Nc1ccn2cc(-c3ccccc3)nc2n1. The van der Waals surface area contributed by atoms with Crippen molar-refractivity contribution in [3.05, 3.63) is 60.6 Å². The maximum Gasteiger partial charge on any atom is 0.273 e. The number of nitrogens with zero attached hydrogens (tertiary/aromatic N) is 4. The molecule has 0 aliphatic heterocycles. The highest BCUT2D eigenvalue weighted by molar-refractivity contribution is 6.08. The summed E-state index contributed by atoms with van der Waals surface area (Å²) in [5, 5.41) is 13.8. The van der Waals surface area contributed by atoms with E-state index in [1.807, 2.05) is 40.9 Å². The Balaban J connectivity index is 1.55. The Morgan fingerprint density at radius 2 is 1.97 bits per heavy atom. The van der Waals surface area contributed by atoms with Crippen LogP contribution >= 0.6 is 0 Å². The number of benzene rings is 1. The van der Waals surface area contributed by atoms with Crippen LogP contribution in [0.2, 0.25) is 0 Å². The van der Waals surface area contributed by atoms with Crippen molar-refractivity contribution in [3.8, 4) is 11.3 Å². The quantitative estimate of drug-likeness (QED) is 0.334. The normalized spacial score (nSPS) is 14.6. The highest BCUT2D eigenvalue weighted by atomic mass is 16.2. The van der Waals surface area contributed by atoms with Crippen LogP contribution in [0.3, 0.4) is 0 Å². The molecular weight excluding hydrogens is 378 g/mol. The maximum absolute atomic E-state index is 12.8. The Labute approximate surface area is 174 Å². The van der Waals surface area contributed by atoms with Gasteiger partial charge in [0.1, 0.15) is 17.4 Å². The van der Waals surface area contributed by atoms with E-state index in [-0.39, 0.29) is 23.5 Å². The van der Waals surface area contributed by atoms with Gasteiger partial charge in [0.05, 0.1) is 5.69 Å². The second-order valence-corrected chi connectivity index (χ2v) is 7.19. The zero-order valence-corrected chi connectivity index (χ0v) is 16.5. The minimum absolute atomic E-state index is 0.0742. The average Bonchev–Trinajstić information content (AvgIpc) is 3.43. The number of carbonyl (C=O) groups is 1. The lowest BCUT2D eigenvalue weighted by atomic mass is 10.2. The van der Waals surface area contributed by atoms with Gasteiger partial charge >= 0.3 is 0 Å². The van der Waals surface area contributed by atoms with E-state index in [0.29, 0.717) is 11.6 Å². The Bertz CT molecular complexity index is 1110. The zero-order chi connectivity index (χ0) is 20.9. The first kappa shape index (κ1) is 19.5. The van der Waals surface area contributed by atoms with Crippen LogP contribution in [0.1, 0.15) is 25.7 Å². The lowest BCUT2D eigenvalue weighted by Gasteiger charge is -2.16. The molecule has 1 aromatic carbocycles. The van der Waals surface area contributed by atoms with E-state index in [4.69, 9.17) is 5.41 Å². The number of anilines is 1. The molecule has 3 N–H and O–H groups in total. The summed E-state index contributed by atoms with van der Waals surface area (Å²) in [7, 11) is 0. The number of aromatic nitrogens is 3. The predicted octanol–water partition coefficient (Wildman–Crippen LogP) is 3.43. The topological polar surface area (TPSA) is 108 Å². The summed E-state index contributed by atoms with van der Waals surface area (Å²) in [4.78, 5) is 25.4. The monoisotopic (exact) mass is 401 g/mol. The largest absolute Gasteiger partial charge is 0.378 e. The molecule has 2 aromatic heterocycles. The standard InChI is InChI=1S/C22H23N7O/c1-24-19(23)13-17(25-16-9-5-6-10-16)21(30)27-20-11-12-29-14-18(26-22(29)28-20)15-7-3-2-4-8-15/h2-4,7-8,11-14,16,23,25H,1,5-6,9-10H2,(H,26,27,28,30)/b17-13-,23-19?. The number of nitrogens with one attached hydrogen (secondary N) is 3. The van der Waals surface area contributed by atoms with Gasteiger partial charge in [-0.15, -0.1) is 0 Å². The van der Waals surface area contributed by atoms with Gasteiger partial charge in [-0.3, -0.25) is 14.6 Å². The molecule has 0 spiro atoms. The summed E-state index contributed by atoms with van der Waals surface area (Å²) in [5.41, 5.74) is 2.09. The molecule has 4 rings (SSSR count). The van der Waals surface area contributed by atoms with Gasteiger partial charge in [-0.1, -0.05) is 43.2 Å². The minimum Gasteiger partial charge on any atom is -0.378 e. The van der Waals surface area contributed by atoms with Crippen molar-refractivity contribution >= 4 is 30.1 Å². The van der Waals surface area contributed by atoms with Gasteiger partial charge in [0.25, 0.3) is 5.91 Å². The first-order chi connectivity index (χ1) is 14.6. The van der Waals surface area contributed by atoms with E-state index in [0.717, 1.165) is 36.9 Å². The number of amidine groups is 1. The molecule has 1 amide bonds. The van der Waals surface area contributed by atoms with E-state index < -0.39 is 0 Å². The van der Waals surface area contributed by atoms with Crippen LogP contribution < -0.4 is 10.6 Å². The lowest BCUT2D eigenvalue weighted by Crippen LogP contribution is -2.33. The predicted molar refractivity (Wildman–Crippen MR) is 118 cm³/mol. The zero-order valence-electron chi connectivity index (χ0n) is 16.5. The van der Waals surface area contributed by atoms with Crippen molar-refractivity contribution < 1.29 is 4.79 Å². The number of hydrogen-bond acceptors (Lipinski definition) is 5. The fourth-order valence-corrected chi connectivity index (χ4v) is 3.52. The van der Waals surface area contributed by atoms with E-state index >= 15 is 0 Å². The van der Waals surface area contributed by atoms with Gasteiger partial charge in [0.15, 0.2) is 0 Å². The van der Waals surface area contributed by atoms with Crippen LogP contribution in [-0.4, -0.2) is 38.9 Å². The molecule has 0 radical (unpaired) electrons. The molecule has 0 unspecified atom stereocenters. The third-order valence-electron chi connectivity index (χ3n) is 5.05. The van der Waals surface area contributed by atoms with E-state index in [1.54, 1.807) is 12.3 Å². The second-order valence-electron chi connectivity index (χ2n) is 7.19. The van der Waals surface area contributed by atoms with Gasteiger partial charge in [0.2, 0.25) is 5.78 Å². The number of imidazole rings is 1. The number of amides is 1. The molecule has 1 aliphatic carbocycles. The van der Waals surface area contributed by atoms with Crippen LogP contribution in [0, 0.1) is 5.41 Å². The number of rotatable bonds is 6. The molecule has 1 saturated carbocycles. The molecule has 1 aliphatic rings. The van der Waals surface area contributed by atoms with Crippen LogP contribution in [0.25, 0.3) is 17.0 Å². The Morgan fingerprint density at radius 1 is 1.20 bits per heavy atom. The van der Waals surface area contributed by atoms with Crippen molar-refractivity contribution in [1.29, 1.82) is 5.41 Å². The van der Waals surface area contributed by atoms with E-state index in [9.17, 15) is 4.79 Å². The van der Waals surface area contributed by atoms with E-state index in [2.05, 4.69) is 32.3 Å². The number of hydrogen-bond donors (Lipinski definition) is 3. The number of fused-ring (bicyclic) bond motifs is 1. The molecule has 0 atom stereocenters. The molecule has 8 heteroatoms. The minimum atomic E-state index is -0.373. The van der Waals surface area contributed by atoms with Gasteiger partial charge in [-0.05, 0) is 25.6 Å². The lowest BCUT2D eigenvalue weighted by molar-refractivity contribution is -0.113. The van der Waals surface area contributed by atoms with Gasteiger partial charge in [-0.25, -0.2) is 9.98 Å². The van der Waals surface area contributed by atoms with Gasteiger partial charge in [0, 0.05) is 30.1 Å². The van der Waals surface area contributed by atoms with Crippen molar-refractivity contribution in [2.75, 3.05) is 5.32 Å². The summed E-state index contributed by atoms with van der Waals surface area (Å²) in [6.07, 6.45) is 9.35. The third-order valence-corrected chi connectivity index (χ3v) is 5.05.